The van der Waals surface area contributed by atoms with Gasteiger partial charge in [0.2, 0.25) is 0 Å². The molecule has 3 aromatic heterocycles. The van der Waals surface area contributed by atoms with Crippen LogP contribution >= 0.6 is 22.7 Å². The predicted molar refractivity (Wildman–Crippen MR) is 112 cm³/mol. The first-order valence-corrected chi connectivity index (χ1v) is 11.0. The number of hydrogen-bond acceptors (Lipinski definition) is 5. The van der Waals surface area contributed by atoms with Crippen molar-refractivity contribution in [1.29, 1.82) is 0 Å². The SMILES string of the molecule is O=c1[nH]c(CN(Cc2ccc(F)cc2)C2CC2)nc2scc(-c3cccs3)c12. The van der Waals surface area contributed by atoms with Crippen molar-refractivity contribution in [2.24, 2.45) is 0 Å². The lowest BCUT2D eigenvalue weighted by Crippen LogP contribution is -2.27. The topological polar surface area (TPSA) is 49.0 Å². The summed E-state index contributed by atoms with van der Waals surface area (Å²) < 4.78 is 13.2. The number of fused-ring (bicyclic) bond motifs is 1. The Morgan fingerprint density at radius 2 is 1.96 bits per heavy atom. The number of nitrogens with one attached hydrogen (secondary N) is 1. The van der Waals surface area contributed by atoms with Gasteiger partial charge in [0.1, 0.15) is 16.5 Å². The Bertz CT molecular complexity index is 1160. The van der Waals surface area contributed by atoms with E-state index in [9.17, 15) is 9.18 Å². The minimum Gasteiger partial charge on any atom is -0.309 e. The molecule has 7 heteroatoms. The highest BCUT2D eigenvalue weighted by Crippen LogP contribution is 2.34. The molecule has 1 fully saturated rings. The molecule has 1 aromatic carbocycles. The van der Waals surface area contributed by atoms with Gasteiger partial charge in [0.05, 0.1) is 11.9 Å². The van der Waals surface area contributed by atoms with Crippen LogP contribution in [0.2, 0.25) is 0 Å². The molecule has 0 spiro atoms. The van der Waals surface area contributed by atoms with Crippen LogP contribution in [0.3, 0.4) is 0 Å². The van der Waals surface area contributed by atoms with E-state index in [4.69, 9.17) is 4.98 Å². The molecule has 0 amide bonds. The number of hydrogen-bond donors (Lipinski definition) is 1. The largest absolute Gasteiger partial charge is 0.309 e. The molecule has 0 unspecified atom stereocenters. The van der Waals surface area contributed by atoms with E-state index in [2.05, 4.69) is 9.88 Å². The Labute approximate surface area is 169 Å². The van der Waals surface area contributed by atoms with Gasteiger partial charge in [-0.3, -0.25) is 9.69 Å². The van der Waals surface area contributed by atoms with Gasteiger partial charge < -0.3 is 4.98 Å². The van der Waals surface area contributed by atoms with Crippen LogP contribution in [-0.2, 0) is 13.1 Å². The van der Waals surface area contributed by atoms with Crippen LogP contribution in [0.25, 0.3) is 20.7 Å². The van der Waals surface area contributed by atoms with Crippen molar-refractivity contribution >= 4 is 32.9 Å². The fraction of sp³-hybridized carbons (Fsp3) is 0.238. The second kappa shape index (κ2) is 7.24. The second-order valence-electron chi connectivity index (χ2n) is 7.08. The molecule has 5 rings (SSSR count). The van der Waals surface area contributed by atoms with E-state index < -0.39 is 0 Å². The Morgan fingerprint density at radius 3 is 2.68 bits per heavy atom. The molecule has 1 saturated carbocycles. The zero-order valence-corrected chi connectivity index (χ0v) is 16.7. The molecule has 28 heavy (non-hydrogen) atoms. The van der Waals surface area contributed by atoms with Crippen LogP contribution < -0.4 is 5.56 Å². The normalized spacial score (nSPS) is 14.2. The van der Waals surface area contributed by atoms with Gasteiger partial charge in [-0.1, -0.05) is 18.2 Å². The predicted octanol–water partition coefficient (Wildman–Crippen LogP) is 5.02. The number of halogens is 1. The number of benzene rings is 1. The van der Waals surface area contributed by atoms with E-state index in [1.807, 2.05) is 35.0 Å². The highest BCUT2D eigenvalue weighted by atomic mass is 32.1. The number of nitrogens with zero attached hydrogens (tertiary/aromatic N) is 2. The van der Waals surface area contributed by atoms with Crippen LogP contribution in [0, 0.1) is 5.82 Å². The molecule has 0 aliphatic heterocycles. The van der Waals surface area contributed by atoms with Crippen molar-refractivity contribution in [2.45, 2.75) is 32.0 Å². The summed E-state index contributed by atoms with van der Waals surface area (Å²) in [6.45, 7) is 1.30. The molecule has 1 N–H and O–H groups in total. The fourth-order valence-electron chi connectivity index (χ4n) is 3.45. The van der Waals surface area contributed by atoms with E-state index in [-0.39, 0.29) is 11.4 Å². The van der Waals surface area contributed by atoms with Gasteiger partial charge in [0.15, 0.2) is 0 Å². The van der Waals surface area contributed by atoms with E-state index in [1.54, 1.807) is 11.3 Å². The van der Waals surface area contributed by atoms with Crippen LogP contribution in [0.15, 0.2) is 52.0 Å². The number of aromatic amines is 1. The quantitative estimate of drug-likeness (QED) is 0.485. The molecule has 4 nitrogen and oxygen atoms in total. The van der Waals surface area contributed by atoms with E-state index in [0.29, 0.717) is 23.8 Å². The van der Waals surface area contributed by atoms with E-state index >= 15 is 0 Å². The molecular weight excluding hydrogens is 393 g/mol. The van der Waals surface area contributed by atoms with Gasteiger partial charge in [-0.25, -0.2) is 9.37 Å². The zero-order valence-electron chi connectivity index (χ0n) is 15.0. The van der Waals surface area contributed by atoms with Crippen LogP contribution in [0.1, 0.15) is 24.2 Å². The second-order valence-corrected chi connectivity index (χ2v) is 8.89. The maximum Gasteiger partial charge on any atom is 0.260 e. The zero-order chi connectivity index (χ0) is 19.1. The molecule has 0 radical (unpaired) electrons. The summed E-state index contributed by atoms with van der Waals surface area (Å²) in [5, 5.41) is 4.70. The lowest BCUT2D eigenvalue weighted by atomic mass is 10.2. The summed E-state index contributed by atoms with van der Waals surface area (Å²) in [4.78, 5) is 24.7. The number of aromatic nitrogens is 2. The first-order chi connectivity index (χ1) is 13.7. The first-order valence-electron chi connectivity index (χ1n) is 9.20. The molecule has 0 bridgehead atoms. The molecule has 1 aliphatic carbocycles. The van der Waals surface area contributed by atoms with Crippen molar-refractivity contribution < 1.29 is 4.39 Å². The smallest absolute Gasteiger partial charge is 0.260 e. The molecule has 3 heterocycles. The summed E-state index contributed by atoms with van der Waals surface area (Å²) in [6.07, 6.45) is 2.30. The number of H-pyrrole nitrogens is 1. The Balaban J connectivity index is 1.43. The molecule has 0 atom stereocenters. The van der Waals surface area contributed by atoms with Gasteiger partial charge in [0.25, 0.3) is 5.56 Å². The standard InChI is InChI=1S/C21H18FN3OS2/c22-14-5-3-13(4-6-14)10-25(15-7-8-15)11-18-23-20(26)19-16(12-28-21(19)24-18)17-2-1-9-27-17/h1-6,9,12,15H,7-8,10-11H2,(H,23,24,26). The number of thiophene rings is 2. The van der Waals surface area contributed by atoms with Crippen molar-refractivity contribution in [3.05, 3.63) is 74.7 Å². The minimum atomic E-state index is -0.225. The lowest BCUT2D eigenvalue weighted by molar-refractivity contribution is 0.239. The third kappa shape index (κ3) is 3.53. The summed E-state index contributed by atoms with van der Waals surface area (Å²) >= 11 is 3.14. The number of rotatable bonds is 6. The maximum atomic E-state index is 13.2. The fourth-order valence-corrected chi connectivity index (χ4v) is 5.23. The monoisotopic (exact) mass is 411 g/mol. The third-order valence-corrected chi connectivity index (χ3v) is 6.77. The Morgan fingerprint density at radius 1 is 1.14 bits per heavy atom. The summed E-state index contributed by atoms with van der Waals surface area (Å²) in [6, 6.07) is 11.1. The first kappa shape index (κ1) is 17.7. The van der Waals surface area contributed by atoms with Crippen LogP contribution in [-0.4, -0.2) is 20.9 Å². The van der Waals surface area contributed by atoms with Crippen molar-refractivity contribution in [3.8, 4) is 10.4 Å². The minimum absolute atomic E-state index is 0.0813. The molecular formula is C21H18FN3OS2. The van der Waals surface area contributed by atoms with Crippen molar-refractivity contribution in [1.82, 2.24) is 14.9 Å². The summed E-state index contributed by atoms with van der Waals surface area (Å²) in [5.74, 6) is 0.462. The maximum absolute atomic E-state index is 13.2. The Kier molecular flexibility index (Phi) is 4.58. The van der Waals surface area contributed by atoms with Crippen molar-refractivity contribution in [2.75, 3.05) is 0 Å². The average molecular weight is 412 g/mol. The highest BCUT2D eigenvalue weighted by Gasteiger charge is 2.29. The van der Waals surface area contributed by atoms with Gasteiger partial charge in [-0.15, -0.1) is 22.7 Å². The molecule has 1 aliphatic rings. The summed E-state index contributed by atoms with van der Waals surface area (Å²) in [7, 11) is 0. The molecule has 142 valence electrons. The lowest BCUT2D eigenvalue weighted by Gasteiger charge is -2.21. The van der Waals surface area contributed by atoms with Crippen LogP contribution in [0.4, 0.5) is 4.39 Å². The van der Waals surface area contributed by atoms with Gasteiger partial charge in [-0.05, 0) is 42.0 Å². The summed E-state index contributed by atoms with van der Waals surface area (Å²) in [5.41, 5.74) is 1.94. The van der Waals surface area contributed by atoms with Gasteiger partial charge in [-0.2, -0.15) is 0 Å². The highest BCUT2D eigenvalue weighted by molar-refractivity contribution is 7.18. The van der Waals surface area contributed by atoms with Crippen LogP contribution in [0.5, 0.6) is 0 Å². The Hall–Kier alpha value is -2.35. The van der Waals surface area contributed by atoms with Gasteiger partial charge >= 0.3 is 0 Å². The third-order valence-electron chi connectivity index (χ3n) is 4.99. The molecule has 4 aromatic rings. The van der Waals surface area contributed by atoms with Crippen molar-refractivity contribution in [3.63, 3.8) is 0 Å². The van der Waals surface area contributed by atoms with Gasteiger partial charge in [0, 0.05) is 28.4 Å². The van der Waals surface area contributed by atoms with E-state index in [0.717, 1.165) is 40.2 Å². The average Bonchev–Trinajstić information content (AvgIpc) is 3.21. The molecule has 0 saturated heterocycles. The van der Waals surface area contributed by atoms with E-state index in [1.165, 1.54) is 23.5 Å².